The second-order valence-corrected chi connectivity index (χ2v) is 7.57. The molecule has 0 amide bonds. The Morgan fingerprint density at radius 1 is 1.18 bits per heavy atom. The second-order valence-electron chi connectivity index (χ2n) is 7.57. The van der Waals surface area contributed by atoms with Crippen LogP contribution in [-0.4, -0.2) is 49.8 Å². The van der Waals surface area contributed by atoms with Gasteiger partial charge in [-0.15, -0.1) is 0 Å². The first kappa shape index (κ1) is 14.5. The van der Waals surface area contributed by atoms with E-state index in [1.54, 1.807) is 5.56 Å². The maximum absolute atomic E-state index is 5.58. The van der Waals surface area contributed by atoms with E-state index in [-0.39, 0.29) is 0 Å². The number of anilines is 1. The summed E-state index contributed by atoms with van der Waals surface area (Å²) < 4.78 is 5.58. The van der Waals surface area contributed by atoms with Gasteiger partial charge in [0.05, 0.1) is 6.61 Å². The molecule has 0 unspecified atom stereocenters. The molecule has 0 bridgehead atoms. The quantitative estimate of drug-likeness (QED) is 0.835. The first-order valence-corrected chi connectivity index (χ1v) is 8.88. The van der Waals surface area contributed by atoms with Gasteiger partial charge in [0.1, 0.15) is 0 Å². The minimum atomic E-state index is 0.386. The highest BCUT2D eigenvalue weighted by Gasteiger charge is 2.45. The van der Waals surface area contributed by atoms with Crippen molar-refractivity contribution in [3.05, 3.63) is 29.8 Å². The second kappa shape index (κ2) is 5.54. The third kappa shape index (κ3) is 2.26. The number of ether oxygens (including phenoxy) is 1. The van der Waals surface area contributed by atoms with Gasteiger partial charge in [0.25, 0.3) is 0 Å². The van der Waals surface area contributed by atoms with Crippen LogP contribution in [0.25, 0.3) is 0 Å². The molecule has 0 radical (unpaired) electrons. The number of benzene rings is 1. The lowest BCUT2D eigenvalue weighted by atomic mass is 9.74. The van der Waals surface area contributed by atoms with E-state index in [9.17, 15) is 0 Å². The molecular weight excluding hydrogens is 272 g/mol. The predicted octanol–water partition coefficient (Wildman–Crippen LogP) is 3.04. The maximum Gasteiger partial charge on any atom is 0.0622 e. The van der Waals surface area contributed by atoms with Crippen LogP contribution in [0.3, 0.4) is 0 Å². The highest BCUT2D eigenvalue weighted by molar-refractivity contribution is 5.63. The molecule has 0 aromatic heterocycles. The SMILES string of the molecule is CC(C)N1CC2(CCN([C@H]3CCOC3)CC2)c2ccccc21. The maximum atomic E-state index is 5.58. The zero-order chi connectivity index (χ0) is 15.2. The first-order chi connectivity index (χ1) is 10.7. The Kier molecular flexibility index (Phi) is 3.66. The van der Waals surface area contributed by atoms with Crippen LogP contribution in [0.4, 0.5) is 5.69 Å². The molecule has 22 heavy (non-hydrogen) atoms. The zero-order valence-corrected chi connectivity index (χ0v) is 13.9. The Morgan fingerprint density at radius 3 is 2.64 bits per heavy atom. The van der Waals surface area contributed by atoms with Crippen LogP contribution < -0.4 is 4.90 Å². The highest BCUT2D eigenvalue weighted by Crippen LogP contribution is 2.47. The molecule has 1 spiro atoms. The summed E-state index contributed by atoms with van der Waals surface area (Å²) in [5.74, 6) is 0. The average molecular weight is 300 g/mol. The summed E-state index contributed by atoms with van der Waals surface area (Å²) in [7, 11) is 0. The molecule has 2 fully saturated rings. The molecule has 4 rings (SSSR count). The van der Waals surface area contributed by atoms with Crippen molar-refractivity contribution in [3.8, 4) is 0 Å². The first-order valence-electron chi connectivity index (χ1n) is 8.88. The van der Waals surface area contributed by atoms with E-state index in [4.69, 9.17) is 4.74 Å². The highest BCUT2D eigenvalue weighted by atomic mass is 16.5. The lowest BCUT2D eigenvalue weighted by Crippen LogP contribution is -2.49. The van der Waals surface area contributed by atoms with Crippen molar-refractivity contribution < 1.29 is 4.74 Å². The minimum absolute atomic E-state index is 0.386. The van der Waals surface area contributed by atoms with Crippen LogP contribution in [-0.2, 0) is 10.2 Å². The minimum Gasteiger partial charge on any atom is -0.380 e. The van der Waals surface area contributed by atoms with Gasteiger partial charge >= 0.3 is 0 Å². The smallest absolute Gasteiger partial charge is 0.0622 e. The van der Waals surface area contributed by atoms with Crippen molar-refractivity contribution in [1.29, 1.82) is 0 Å². The summed E-state index contributed by atoms with van der Waals surface area (Å²) >= 11 is 0. The van der Waals surface area contributed by atoms with Crippen molar-refractivity contribution in [2.75, 3.05) is 37.7 Å². The van der Waals surface area contributed by atoms with Crippen LogP contribution in [0.5, 0.6) is 0 Å². The molecule has 120 valence electrons. The molecule has 3 aliphatic rings. The van der Waals surface area contributed by atoms with Gasteiger partial charge in [-0.2, -0.15) is 0 Å². The van der Waals surface area contributed by atoms with Crippen LogP contribution >= 0.6 is 0 Å². The molecule has 2 saturated heterocycles. The van der Waals surface area contributed by atoms with E-state index in [1.807, 2.05) is 0 Å². The van der Waals surface area contributed by atoms with E-state index in [2.05, 4.69) is 47.9 Å². The number of likely N-dealkylation sites (tertiary alicyclic amines) is 1. The van der Waals surface area contributed by atoms with Crippen molar-refractivity contribution in [2.24, 2.45) is 0 Å². The van der Waals surface area contributed by atoms with E-state index in [0.29, 0.717) is 17.5 Å². The van der Waals surface area contributed by atoms with Crippen molar-refractivity contribution in [1.82, 2.24) is 4.90 Å². The lowest BCUT2D eigenvalue weighted by molar-refractivity contribution is 0.101. The fourth-order valence-corrected chi connectivity index (χ4v) is 4.68. The van der Waals surface area contributed by atoms with Gasteiger partial charge in [-0.3, -0.25) is 4.90 Å². The number of rotatable bonds is 2. The number of piperidine rings is 1. The Hall–Kier alpha value is -1.06. The molecule has 0 N–H and O–H groups in total. The molecule has 1 aromatic rings. The zero-order valence-electron chi connectivity index (χ0n) is 13.9. The van der Waals surface area contributed by atoms with Gasteiger partial charge in [-0.1, -0.05) is 18.2 Å². The van der Waals surface area contributed by atoms with Crippen LogP contribution in [0, 0.1) is 0 Å². The Bertz CT molecular complexity index is 528. The van der Waals surface area contributed by atoms with E-state index >= 15 is 0 Å². The van der Waals surface area contributed by atoms with Gasteiger partial charge in [-0.05, 0) is 57.8 Å². The van der Waals surface area contributed by atoms with Crippen LogP contribution in [0.2, 0.25) is 0 Å². The number of hydrogen-bond acceptors (Lipinski definition) is 3. The van der Waals surface area contributed by atoms with E-state index in [0.717, 1.165) is 13.2 Å². The summed E-state index contributed by atoms with van der Waals surface area (Å²) in [6.45, 7) is 10.2. The predicted molar refractivity (Wildman–Crippen MR) is 90.6 cm³/mol. The van der Waals surface area contributed by atoms with Gasteiger partial charge in [0, 0.05) is 36.3 Å². The standard InChI is InChI=1S/C19H28N2O/c1-15(2)21-14-19(17-5-3-4-6-18(17)21)8-10-20(11-9-19)16-7-12-22-13-16/h3-6,15-16H,7-14H2,1-2H3/t16-/m0/s1. The van der Waals surface area contributed by atoms with Gasteiger partial charge in [-0.25, -0.2) is 0 Å². The largest absolute Gasteiger partial charge is 0.380 e. The number of fused-ring (bicyclic) bond motifs is 2. The molecule has 3 aliphatic heterocycles. The van der Waals surface area contributed by atoms with E-state index in [1.165, 1.54) is 44.6 Å². The molecule has 3 heterocycles. The van der Waals surface area contributed by atoms with Crippen molar-refractivity contribution in [3.63, 3.8) is 0 Å². The Labute approximate surface area is 134 Å². The molecular formula is C19H28N2O. The Balaban J connectivity index is 1.56. The fraction of sp³-hybridized carbons (Fsp3) is 0.684. The lowest BCUT2D eigenvalue weighted by Gasteiger charge is -2.42. The summed E-state index contributed by atoms with van der Waals surface area (Å²) in [6.07, 6.45) is 3.81. The molecule has 1 atom stereocenters. The van der Waals surface area contributed by atoms with Crippen LogP contribution in [0.1, 0.15) is 38.7 Å². The molecule has 3 heteroatoms. The molecule has 0 saturated carbocycles. The monoisotopic (exact) mass is 300 g/mol. The third-order valence-electron chi connectivity index (χ3n) is 6.06. The molecule has 0 aliphatic carbocycles. The topological polar surface area (TPSA) is 15.7 Å². The number of para-hydroxylation sites is 1. The normalized spacial score (nSPS) is 27.8. The molecule has 3 nitrogen and oxygen atoms in total. The van der Waals surface area contributed by atoms with Crippen molar-refractivity contribution in [2.45, 2.75) is 50.6 Å². The van der Waals surface area contributed by atoms with Gasteiger partial charge < -0.3 is 9.64 Å². The fourth-order valence-electron chi connectivity index (χ4n) is 4.68. The van der Waals surface area contributed by atoms with Crippen LogP contribution in [0.15, 0.2) is 24.3 Å². The molecule has 1 aromatic carbocycles. The average Bonchev–Trinajstić information content (AvgIpc) is 3.16. The number of nitrogens with zero attached hydrogens (tertiary/aromatic N) is 2. The number of hydrogen-bond donors (Lipinski definition) is 0. The summed E-state index contributed by atoms with van der Waals surface area (Å²) in [5, 5.41) is 0. The van der Waals surface area contributed by atoms with Gasteiger partial charge in [0.15, 0.2) is 0 Å². The summed E-state index contributed by atoms with van der Waals surface area (Å²) in [4.78, 5) is 5.29. The summed E-state index contributed by atoms with van der Waals surface area (Å²) in [5.41, 5.74) is 3.47. The summed E-state index contributed by atoms with van der Waals surface area (Å²) in [6, 6.07) is 10.4. The van der Waals surface area contributed by atoms with Gasteiger partial charge in [0.2, 0.25) is 0 Å². The third-order valence-corrected chi connectivity index (χ3v) is 6.06. The van der Waals surface area contributed by atoms with Crippen molar-refractivity contribution >= 4 is 5.69 Å². The Morgan fingerprint density at radius 2 is 1.95 bits per heavy atom. The van der Waals surface area contributed by atoms with E-state index < -0.39 is 0 Å².